The minimum absolute atomic E-state index is 0.134. The molecule has 1 heterocycles. The number of carbonyl (C=O) groups is 1. The highest BCUT2D eigenvalue weighted by molar-refractivity contribution is 5.76. The van der Waals surface area contributed by atoms with E-state index >= 15 is 0 Å². The van der Waals surface area contributed by atoms with Crippen molar-refractivity contribution in [3.63, 3.8) is 0 Å². The van der Waals surface area contributed by atoms with E-state index in [1.165, 1.54) is 0 Å². The Balaban J connectivity index is 2.62. The normalized spacial score (nSPS) is 23.3. The Morgan fingerprint density at radius 3 is 2.75 bits per heavy atom. The summed E-state index contributed by atoms with van der Waals surface area (Å²) in [4.78, 5) is 16.8. The number of amides is 1. The molecule has 0 aromatic heterocycles. The predicted molar refractivity (Wildman–Crippen MR) is 83.7 cm³/mol. The Hall–Kier alpha value is -0.650. The number of carbonyl (C=O) groups excluding carboxylic acids is 1. The number of likely N-dealkylation sites (N-methyl/N-ethyl adjacent to an activating group) is 1. The van der Waals surface area contributed by atoms with E-state index in [9.17, 15) is 4.79 Å². The van der Waals surface area contributed by atoms with Gasteiger partial charge in [-0.2, -0.15) is 0 Å². The van der Waals surface area contributed by atoms with Crippen LogP contribution < -0.4 is 11.1 Å². The number of hydrogen-bond acceptors (Lipinski definition) is 4. The van der Waals surface area contributed by atoms with E-state index < -0.39 is 0 Å². The summed E-state index contributed by atoms with van der Waals surface area (Å²) in [5.74, 6) is 0.134. The number of nitrogens with zero attached hydrogens (tertiary/aromatic N) is 2. The Labute approximate surface area is 123 Å². The van der Waals surface area contributed by atoms with Gasteiger partial charge in [-0.1, -0.05) is 13.8 Å². The highest BCUT2D eigenvalue weighted by Gasteiger charge is 2.28. The van der Waals surface area contributed by atoms with E-state index in [-0.39, 0.29) is 11.9 Å². The van der Waals surface area contributed by atoms with Crippen LogP contribution in [-0.2, 0) is 4.79 Å². The second-order valence-electron chi connectivity index (χ2n) is 5.86. The third-order valence-electron chi connectivity index (χ3n) is 4.15. The lowest BCUT2D eigenvalue weighted by Gasteiger charge is -2.36. The molecule has 3 N–H and O–H groups in total. The number of nitrogens with one attached hydrogen (secondary N) is 1. The van der Waals surface area contributed by atoms with Gasteiger partial charge in [0.25, 0.3) is 0 Å². The molecule has 0 saturated carbocycles. The summed E-state index contributed by atoms with van der Waals surface area (Å²) in [7, 11) is 2.18. The second kappa shape index (κ2) is 9.32. The summed E-state index contributed by atoms with van der Waals surface area (Å²) in [6.45, 7) is 8.86. The Bertz CT molecular complexity index is 285. The molecule has 0 radical (unpaired) electrons. The van der Waals surface area contributed by atoms with E-state index in [0.717, 1.165) is 45.4 Å². The molecule has 0 spiro atoms. The van der Waals surface area contributed by atoms with Crippen molar-refractivity contribution in [1.29, 1.82) is 0 Å². The van der Waals surface area contributed by atoms with Crippen molar-refractivity contribution in [3.05, 3.63) is 0 Å². The van der Waals surface area contributed by atoms with Gasteiger partial charge in [-0.15, -0.1) is 0 Å². The molecule has 1 rings (SSSR count). The van der Waals surface area contributed by atoms with Gasteiger partial charge >= 0.3 is 0 Å². The van der Waals surface area contributed by atoms with Crippen LogP contribution in [0.3, 0.4) is 0 Å². The summed E-state index contributed by atoms with van der Waals surface area (Å²) in [5.41, 5.74) is 5.95. The molecule has 1 fully saturated rings. The first-order valence-corrected chi connectivity index (χ1v) is 8.03. The molecular formula is C15H32N4O. The van der Waals surface area contributed by atoms with Crippen LogP contribution in [0, 0.1) is 0 Å². The average Bonchev–Trinajstić information content (AvgIpc) is 2.63. The average molecular weight is 284 g/mol. The lowest BCUT2D eigenvalue weighted by molar-refractivity contribution is -0.122. The zero-order chi connectivity index (χ0) is 15.0. The Morgan fingerprint density at radius 1 is 1.40 bits per heavy atom. The fraction of sp³-hybridized carbons (Fsp3) is 0.933. The quantitative estimate of drug-likeness (QED) is 0.720. The van der Waals surface area contributed by atoms with Crippen molar-refractivity contribution in [3.8, 4) is 0 Å². The molecule has 20 heavy (non-hydrogen) atoms. The summed E-state index contributed by atoms with van der Waals surface area (Å²) < 4.78 is 0. The van der Waals surface area contributed by atoms with Crippen molar-refractivity contribution in [2.75, 3.05) is 39.8 Å². The third-order valence-corrected chi connectivity index (χ3v) is 4.15. The smallest absolute Gasteiger partial charge is 0.221 e. The molecule has 0 aromatic carbocycles. The monoisotopic (exact) mass is 284 g/mol. The van der Waals surface area contributed by atoms with E-state index in [2.05, 4.69) is 36.0 Å². The van der Waals surface area contributed by atoms with Crippen LogP contribution in [0.1, 0.15) is 39.5 Å². The Morgan fingerprint density at radius 2 is 2.15 bits per heavy atom. The first kappa shape index (κ1) is 17.4. The lowest BCUT2D eigenvalue weighted by atomic mass is 10.1. The van der Waals surface area contributed by atoms with Crippen LogP contribution >= 0.6 is 0 Å². The van der Waals surface area contributed by atoms with Gasteiger partial charge in [-0.3, -0.25) is 9.69 Å². The topological polar surface area (TPSA) is 61.6 Å². The van der Waals surface area contributed by atoms with Gasteiger partial charge in [0.2, 0.25) is 5.91 Å². The predicted octanol–water partition coefficient (Wildman–Crippen LogP) is 0.646. The molecule has 0 aromatic rings. The molecule has 118 valence electrons. The van der Waals surface area contributed by atoms with Gasteiger partial charge in [-0.25, -0.2) is 0 Å². The van der Waals surface area contributed by atoms with Crippen molar-refractivity contribution in [2.24, 2.45) is 5.73 Å². The molecule has 1 amide bonds. The van der Waals surface area contributed by atoms with Crippen LogP contribution in [0.5, 0.6) is 0 Å². The maximum Gasteiger partial charge on any atom is 0.221 e. The first-order valence-electron chi connectivity index (χ1n) is 8.03. The molecule has 2 atom stereocenters. The molecule has 1 aliphatic rings. The van der Waals surface area contributed by atoms with Crippen molar-refractivity contribution in [2.45, 2.75) is 51.6 Å². The second-order valence-corrected chi connectivity index (χ2v) is 5.86. The third kappa shape index (κ3) is 5.38. The maximum atomic E-state index is 12.0. The van der Waals surface area contributed by atoms with Crippen LogP contribution in [-0.4, -0.2) is 67.6 Å². The minimum Gasteiger partial charge on any atom is -0.356 e. The molecule has 2 unspecified atom stereocenters. The van der Waals surface area contributed by atoms with Gasteiger partial charge in [0.1, 0.15) is 0 Å². The highest BCUT2D eigenvalue weighted by atomic mass is 16.1. The largest absolute Gasteiger partial charge is 0.356 e. The van der Waals surface area contributed by atoms with E-state index in [0.29, 0.717) is 19.0 Å². The van der Waals surface area contributed by atoms with Gasteiger partial charge in [-0.05, 0) is 32.9 Å². The van der Waals surface area contributed by atoms with Crippen LogP contribution in [0.15, 0.2) is 0 Å². The van der Waals surface area contributed by atoms with Gasteiger partial charge in [0, 0.05) is 44.7 Å². The maximum absolute atomic E-state index is 12.0. The minimum atomic E-state index is 0.134. The van der Waals surface area contributed by atoms with E-state index in [1.807, 2.05) is 0 Å². The molecule has 5 heteroatoms. The molecule has 0 aliphatic carbocycles. The zero-order valence-corrected chi connectivity index (χ0v) is 13.4. The Kier molecular flexibility index (Phi) is 8.11. The van der Waals surface area contributed by atoms with Crippen molar-refractivity contribution < 1.29 is 4.79 Å². The molecule has 1 saturated heterocycles. The fourth-order valence-corrected chi connectivity index (χ4v) is 2.99. The van der Waals surface area contributed by atoms with Crippen LogP contribution in [0.4, 0.5) is 0 Å². The molecule has 5 nitrogen and oxygen atoms in total. The summed E-state index contributed by atoms with van der Waals surface area (Å²) in [6.07, 6.45) is 3.76. The summed E-state index contributed by atoms with van der Waals surface area (Å²) in [5, 5.41) is 2.96. The van der Waals surface area contributed by atoms with Gasteiger partial charge in [0.15, 0.2) is 0 Å². The van der Waals surface area contributed by atoms with Crippen molar-refractivity contribution in [1.82, 2.24) is 15.1 Å². The molecule has 1 aliphatic heterocycles. The number of hydrogen-bond donors (Lipinski definition) is 2. The number of rotatable bonds is 7. The molecular weight excluding hydrogens is 252 g/mol. The first-order chi connectivity index (χ1) is 9.62. The number of nitrogens with two attached hydrogens (primary N) is 1. The molecule has 0 bridgehead atoms. The lowest BCUT2D eigenvalue weighted by Crippen LogP contribution is -2.50. The van der Waals surface area contributed by atoms with Gasteiger partial charge in [0.05, 0.1) is 0 Å². The standard InChI is InChI=1S/C15H32N4O/c1-4-7-17-15(20)10-14(11-16)19-9-6-8-18(3)12-13(19)5-2/h13-14H,4-12,16H2,1-3H3,(H,17,20). The highest BCUT2D eigenvalue weighted by Crippen LogP contribution is 2.17. The van der Waals surface area contributed by atoms with Crippen LogP contribution in [0.25, 0.3) is 0 Å². The van der Waals surface area contributed by atoms with E-state index in [1.54, 1.807) is 0 Å². The van der Waals surface area contributed by atoms with Crippen LogP contribution in [0.2, 0.25) is 0 Å². The summed E-state index contributed by atoms with van der Waals surface area (Å²) in [6, 6.07) is 0.679. The van der Waals surface area contributed by atoms with Gasteiger partial charge < -0.3 is 16.0 Å². The van der Waals surface area contributed by atoms with Crippen molar-refractivity contribution >= 4 is 5.91 Å². The zero-order valence-electron chi connectivity index (χ0n) is 13.4. The SMILES string of the molecule is CCCNC(=O)CC(CN)N1CCCN(C)CC1CC. The summed E-state index contributed by atoms with van der Waals surface area (Å²) >= 11 is 0. The van der Waals surface area contributed by atoms with E-state index in [4.69, 9.17) is 5.73 Å². The fourth-order valence-electron chi connectivity index (χ4n) is 2.99.